The summed E-state index contributed by atoms with van der Waals surface area (Å²) < 4.78 is 5.08. The maximum Gasteiger partial charge on any atom is 0.303 e. The highest BCUT2D eigenvalue weighted by molar-refractivity contribution is 5.80. The lowest BCUT2D eigenvalue weighted by atomic mass is 10.1. The van der Waals surface area contributed by atoms with Crippen molar-refractivity contribution in [3.8, 4) is 0 Å². The number of hydrogen-bond donors (Lipinski definition) is 2. The van der Waals surface area contributed by atoms with E-state index in [4.69, 9.17) is 9.84 Å². The topological polar surface area (TPSA) is 75.6 Å². The van der Waals surface area contributed by atoms with Crippen molar-refractivity contribution >= 4 is 11.9 Å². The summed E-state index contributed by atoms with van der Waals surface area (Å²) in [6.07, 6.45) is -0.131. The monoisotopic (exact) mass is 203 g/mol. The maximum atomic E-state index is 11.1. The van der Waals surface area contributed by atoms with Gasteiger partial charge in [-0.05, 0) is 13.8 Å². The van der Waals surface area contributed by atoms with Crippen LogP contribution in [0.4, 0.5) is 0 Å². The number of carbonyl (C=O) groups excluding carboxylic acids is 1. The van der Waals surface area contributed by atoms with Gasteiger partial charge < -0.3 is 15.2 Å². The molecular weight excluding hydrogens is 186 g/mol. The molecule has 0 aromatic rings. The van der Waals surface area contributed by atoms with Crippen LogP contribution in [-0.2, 0) is 14.3 Å². The van der Waals surface area contributed by atoms with Crippen LogP contribution >= 0.6 is 0 Å². The van der Waals surface area contributed by atoms with Gasteiger partial charge in [-0.3, -0.25) is 9.59 Å². The van der Waals surface area contributed by atoms with Crippen molar-refractivity contribution in [3.05, 3.63) is 0 Å². The number of hydrogen-bond acceptors (Lipinski definition) is 3. The van der Waals surface area contributed by atoms with Gasteiger partial charge in [0.1, 0.15) is 0 Å². The fourth-order valence-electron chi connectivity index (χ4n) is 0.692. The second kappa shape index (κ2) is 5.59. The van der Waals surface area contributed by atoms with E-state index in [9.17, 15) is 9.59 Å². The number of carboxylic acids is 1. The third-order valence-electron chi connectivity index (χ3n) is 1.83. The van der Waals surface area contributed by atoms with E-state index in [0.29, 0.717) is 6.54 Å². The van der Waals surface area contributed by atoms with E-state index in [1.165, 1.54) is 0 Å². The average Bonchev–Trinajstić information content (AvgIpc) is 2.11. The summed E-state index contributed by atoms with van der Waals surface area (Å²) in [6.45, 7) is 4.05. The first-order chi connectivity index (χ1) is 6.37. The van der Waals surface area contributed by atoms with Crippen LogP contribution in [0.5, 0.6) is 0 Å². The van der Waals surface area contributed by atoms with E-state index in [-0.39, 0.29) is 18.7 Å². The minimum atomic E-state index is -0.967. The maximum absolute atomic E-state index is 11.1. The van der Waals surface area contributed by atoms with Crippen LogP contribution in [0, 0.1) is 0 Å². The van der Waals surface area contributed by atoms with Crippen molar-refractivity contribution in [3.63, 3.8) is 0 Å². The van der Waals surface area contributed by atoms with Crippen LogP contribution in [0.15, 0.2) is 0 Å². The average molecular weight is 203 g/mol. The molecule has 0 atom stereocenters. The van der Waals surface area contributed by atoms with Gasteiger partial charge in [0, 0.05) is 20.1 Å². The molecule has 0 fully saturated rings. The van der Waals surface area contributed by atoms with Crippen molar-refractivity contribution in [2.45, 2.75) is 32.3 Å². The van der Waals surface area contributed by atoms with Crippen LogP contribution in [0.1, 0.15) is 26.7 Å². The molecule has 82 valence electrons. The predicted octanol–water partition coefficient (Wildman–Crippen LogP) is 0.392. The molecule has 1 amide bonds. The molecule has 0 rings (SSSR count). The number of carboxylic acid groups (broad SMARTS) is 1. The largest absolute Gasteiger partial charge is 0.481 e. The number of nitrogens with one attached hydrogen (secondary N) is 1. The van der Waals surface area contributed by atoms with Gasteiger partial charge in [-0.1, -0.05) is 0 Å². The number of amides is 1. The van der Waals surface area contributed by atoms with Crippen LogP contribution in [0.25, 0.3) is 0 Å². The molecule has 0 aromatic carbocycles. The zero-order valence-corrected chi connectivity index (χ0v) is 8.79. The van der Waals surface area contributed by atoms with Crippen molar-refractivity contribution < 1.29 is 19.4 Å². The Morgan fingerprint density at radius 3 is 2.36 bits per heavy atom. The second-order valence-electron chi connectivity index (χ2n) is 3.63. The van der Waals surface area contributed by atoms with Gasteiger partial charge in [-0.2, -0.15) is 0 Å². The third kappa shape index (κ3) is 6.42. The molecule has 0 aliphatic heterocycles. The molecular formula is C9H17NO4. The van der Waals surface area contributed by atoms with E-state index in [0.717, 1.165) is 0 Å². The van der Waals surface area contributed by atoms with Crippen molar-refractivity contribution in [2.24, 2.45) is 0 Å². The summed E-state index contributed by atoms with van der Waals surface area (Å²) in [7, 11) is 1.56. The highest BCUT2D eigenvalue weighted by Crippen LogP contribution is 2.04. The Hall–Kier alpha value is -1.10. The molecule has 0 heterocycles. The molecule has 0 aliphatic rings. The standard InChI is InChI=1S/C9H17NO4/c1-9(2,14-3)6-10-7(11)4-5-8(12)13/h4-6H2,1-3H3,(H,10,11)(H,12,13). The number of methoxy groups -OCH3 is 1. The highest BCUT2D eigenvalue weighted by Gasteiger charge is 2.17. The van der Waals surface area contributed by atoms with Crippen LogP contribution < -0.4 is 5.32 Å². The summed E-state index contributed by atoms with van der Waals surface area (Å²) in [5.41, 5.74) is -0.418. The van der Waals surface area contributed by atoms with Gasteiger partial charge in [0.2, 0.25) is 5.91 Å². The zero-order chi connectivity index (χ0) is 11.2. The molecule has 2 N–H and O–H groups in total. The Kier molecular flexibility index (Phi) is 5.15. The molecule has 14 heavy (non-hydrogen) atoms. The first-order valence-corrected chi connectivity index (χ1v) is 4.41. The Bertz CT molecular complexity index is 213. The number of carbonyl (C=O) groups is 2. The molecule has 0 radical (unpaired) electrons. The lowest BCUT2D eigenvalue weighted by Crippen LogP contribution is -2.39. The van der Waals surface area contributed by atoms with Gasteiger partial charge in [0.25, 0.3) is 0 Å². The molecule has 5 nitrogen and oxygen atoms in total. The van der Waals surface area contributed by atoms with E-state index >= 15 is 0 Å². The van der Waals surface area contributed by atoms with Gasteiger partial charge >= 0.3 is 5.97 Å². The molecule has 0 saturated carbocycles. The quantitative estimate of drug-likeness (QED) is 0.655. The molecule has 0 aromatic heterocycles. The smallest absolute Gasteiger partial charge is 0.303 e. The molecule has 0 aliphatic carbocycles. The van der Waals surface area contributed by atoms with E-state index in [1.54, 1.807) is 7.11 Å². The summed E-state index contributed by atoms with van der Waals surface area (Å²) in [5.74, 6) is -1.23. The number of rotatable bonds is 6. The van der Waals surface area contributed by atoms with Crippen molar-refractivity contribution in [2.75, 3.05) is 13.7 Å². The normalized spacial score (nSPS) is 11.1. The molecule has 0 saturated heterocycles. The highest BCUT2D eigenvalue weighted by atomic mass is 16.5. The van der Waals surface area contributed by atoms with Gasteiger partial charge in [-0.15, -0.1) is 0 Å². The van der Waals surface area contributed by atoms with E-state index in [1.807, 2.05) is 13.8 Å². The van der Waals surface area contributed by atoms with Gasteiger partial charge in [0.05, 0.1) is 12.0 Å². The first-order valence-electron chi connectivity index (χ1n) is 4.41. The Morgan fingerprint density at radius 1 is 1.36 bits per heavy atom. The minimum absolute atomic E-state index is 0.00906. The molecule has 0 spiro atoms. The lowest BCUT2D eigenvalue weighted by Gasteiger charge is -2.22. The lowest BCUT2D eigenvalue weighted by molar-refractivity contribution is -0.138. The summed E-state index contributed by atoms with van der Waals surface area (Å²) >= 11 is 0. The Balaban J connectivity index is 3.69. The van der Waals surface area contributed by atoms with Crippen LogP contribution in [0.3, 0.4) is 0 Å². The molecule has 0 bridgehead atoms. The van der Waals surface area contributed by atoms with Crippen LogP contribution in [0.2, 0.25) is 0 Å². The summed E-state index contributed by atoms with van der Waals surface area (Å²) in [4.78, 5) is 21.2. The Labute approximate surface area is 83.4 Å². The fraction of sp³-hybridized carbons (Fsp3) is 0.778. The fourth-order valence-corrected chi connectivity index (χ4v) is 0.692. The van der Waals surface area contributed by atoms with Crippen LogP contribution in [-0.4, -0.2) is 36.2 Å². The Morgan fingerprint density at radius 2 is 1.93 bits per heavy atom. The second-order valence-corrected chi connectivity index (χ2v) is 3.63. The predicted molar refractivity (Wildman–Crippen MR) is 51.0 cm³/mol. The number of ether oxygens (including phenoxy) is 1. The van der Waals surface area contributed by atoms with E-state index in [2.05, 4.69) is 5.32 Å². The molecule has 5 heteroatoms. The number of aliphatic carboxylic acids is 1. The van der Waals surface area contributed by atoms with Crippen molar-refractivity contribution in [1.29, 1.82) is 0 Å². The summed E-state index contributed by atoms with van der Waals surface area (Å²) in [6, 6.07) is 0. The molecule has 0 unspecified atom stereocenters. The zero-order valence-electron chi connectivity index (χ0n) is 8.79. The van der Waals surface area contributed by atoms with Gasteiger partial charge in [0.15, 0.2) is 0 Å². The minimum Gasteiger partial charge on any atom is -0.481 e. The van der Waals surface area contributed by atoms with Crippen molar-refractivity contribution in [1.82, 2.24) is 5.32 Å². The van der Waals surface area contributed by atoms with E-state index < -0.39 is 11.6 Å². The SMILES string of the molecule is COC(C)(C)CNC(=O)CCC(=O)O. The van der Waals surface area contributed by atoms with Gasteiger partial charge in [-0.25, -0.2) is 0 Å². The third-order valence-corrected chi connectivity index (χ3v) is 1.83. The first kappa shape index (κ1) is 12.9. The summed E-state index contributed by atoms with van der Waals surface area (Å²) in [5, 5.41) is 10.9.